The van der Waals surface area contributed by atoms with Crippen LogP contribution in [0.1, 0.15) is 57.9 Å². The Bertz CT molecular complexity index is 1660. The Labute approximate surface area is 253 Å². The van der Waals surface area contributed by atoms with Crippen LogP contribution in [0.2, 0.25) is 0 Å². The van der Waals surface area contributed by atoms with Crippen LogP contribution in [0.5, 0.6) is 23.0 Å². The van der Waals surface area contributed by atoms with Crippen LogP contribution >= 0.6 is 0 Å². The van der Waals surface area contributed by atoms with Crippen molar-refractivity contribution in [1.82, 2.24) is 20.2 Å². The first-order valence-corrected chi connectivity index (χ1v) is 13.8. The zero-order chi connectivity index (χ0) is 31.6. The first kappa shape index (κ1) is 31.5. The maximum absolute atomic E-state index is 13.1. The third-order valence-electron chi connectivity index (χ3n) is 6.59. The average molecular weight is 601 g/mol. The number of phenols is 1. The lowest BCUT2D eigenvalue weighted by Crippen LogP contribution is -2.25. The van der Waals surface area contributed by atoms with Crippen molar-refractivity contribution in [1.29, 1.82) is 5.26 Å². The number of nitrogens with one attached hydrogen (secondary N) is 1. The second-order valence-electron chi connectivity index (χ2n) is 9.77. The number of amides is 1. The van der Waals surface area contributed by atoms with Crippen LogP contribution in [0.25, 0.3) is 0 Å². The molecular weight excluding hydrogens is 568 g/mol. The molecule has 0 aliphatic heterocycles. The number of Topliss-reactive ketones (excluding diaryl/α,β-unsaturated/α-hetero) is 1. The zero-order valence-electron chi connectivity index (χ0n) is 24.5. The number of aliphatic hydroxyl groups is 1. The van der Waals surface area contributed by atoms with E-state index in [1.54, 1.807) is 31.4 Å². The van der Waals surface area contributed by atoms with Crippen molar-refractivity contribution in [3.8, 4) is 29.1 Å². The molecule has 13 nitrogen and oxygen atoms in total. The van der Waals surface area contributed by atoms with Gasteiger partial charge in [0, 0.05) is 5.56 Å². The highest BCUT2D eigenvalue weighted by Crippen LogP contribution is 2.33. The smallest absolute Gasteiger partial charge is 0.295 e. The molecule has 1 heterocycles. The summed E-state index contributed by atoms with van der Waals surface area (Å²) in [5, 5.41) is 44.9. The molecule has 1 aromatic heterocycles. The van der Waals surface area contributed by atoms with E-state index in [9.17, 15) is 25.1 Å². The number of benzene rings is 3. The van der Waals surface area contributed by atoms with E-state index < -0.39 is 12.0 Å². The van der Waals surface area contributed by atoms with E-state index >= 15 is 0 Å². The number of carbonyl (C=O) groups is 2. The summed E-state index contributed by atoms with van der Waals surface area (Å²) in [4.78, 5) is 24.9. The van der Waals surface area contributed by atoms with Gasteiger partial charge in [-0.3, -0.25) is 9.59 Å². The van der Waals surface area contributed by atoms with Crippen LogP contribution in [0.3, 0.4) is 0 Å². The molecule has 44 heavy (non-hydrogen) atoms. The number of hydrogen-bond acceptors (Lipinski definition) is 11. The second-order valence-corrected chi connectivity index (χ2v) is 9.77. The minimum Gasteiger partial charge on any atom is -0.507 e. The number of hydrogen-bond donors (Lipinski definition) is 3. The normalized spacial score (nSPS) is 11.3. The maximum atomic E-state index is 13.1. The van der Waals surface area contributed by atoms with Crippen molar-refractivity contribution >= 4 is 17.4 Å². The molecule has 4 rings (SSSR count). The largest absolute Gasteiger partial charge is 0.507 e. The lowest BCUT2D eigenvalue weighted by molar-refractivity contribution is 0.0621. The number of tetrazole rings is 1. The molecule has 13 heteroatoms. The third kappa shape index (κ3) is 7.47. The molecule has 0 aliphatic rings. The number of aliphatic hydroxyl groups excluding tert-OH is 1. The van der Waals surface area contributed by atoms with Gasteiger partial charge < -0.3 is 29.7 Å². The molecule has 3 N–H and O–H groups in total. The topological polar surface area (TPSA) is 182 Å². The van der Waals surface area contributed by atoms with E-state index in [4.69, 9.17) is 14.2 Å². The Morgan fingerprint density at radius 2 is 1.80 bits per heavy atom. The minimum atomic E-state index is -1.11. The molecule has 0 radical (unpaired) electrons. The number of aromatic hydroxyl groups is 1. The van der Waals surface area contributed by atoms with Gasteiger partial charge in [-0.2, -0.15) is 5.26 Å². The highest BCUT2D eigenvalue weighted by Gasteiger charge is 2.20. The molecule has 0 saturated carbocycles. The molecule has 4 aromatic rings. The van der Waals surface area contributed by atoms with Crippen molar-refractivity contribution < 1.29 is 34.0 Å². The monoisotopic (exact) mass is 600 g/mol. The van der Waals surface area contributed by atoms with Crippen molar-refractivity contribution in [3.05, 3.63) is 82.7 Å². The first-order chi connectivity index (χ1) is 21.2. The molecule has 0 bridgehead atoms. The number of ketones is 1. The SMILES string of the molecule is CCCc1c(OCC(O)COc2cccc(NC(=O)c3nnnn3Cc3ccc(OC)cc3)c2C#N)ccc(C(C)=O)c1O. The van der Waals surface area contributed by atoms with Crippen LogP contribution < -0.4 is 19.5 Å². The Hall–Kier alpha value is -5.48. The minimum absolute atomic E-state index is 0.0399. The fourth-order valence-electron chi connectivity index (χ4n) is 4.38. The van der Waals surface area contributed by atoms with Crippen molar-refractivity contribution in [3.63, 3.8) is 0 Å². The van der Waals surface area contributed by atoms with Gasteiger partial charge in [-0.15, -0.1) is 5.10 Å². The molecule has 0 saturated heterocycles. The highest BCUT2D eigenvalue weighted by atomic mass is 16.5. The molecule has 3 aromatic carbocycles. The van der Waals surface area contributed by atoms with E-state index in [-0.39, 0.29) is 59.7 Å². The van der Waals surface area contributed by atoms with Crippen molar-refractivity contribution in [2.45, 2.75) is 39.3 Å². The van der Waals surface area contributed by atoms with Gasteiger partial charge in [0.1, 0.15) is 53.9 Å². The maximum Gasteiger partial charge on any atom is 0.295 e. The van der Waals surface area contributed by atoms with Crippen molar-refractivity contribution in [2.24, 2.45) is 0 Å². The quantitative estimate of drug-likeness (QED) is 0.180. The van der Waals surface area contributed by atoms with Gasteiger partial charge in [-0.05, 0) is 65.7 Å². The summed E-state index contributed by atoms with van der Waals surface area (Å²) in [5.74, 6) is 0.0911. The summed E-state index contributed by atoms with van der Waals surface area (Å²) >= 11 is 0. The summed E-state index contributed by atoms with van der Waals surface area (Å²) in [6, 6.07) is 17.0. The van der Waals surface area contributed by atoms with Gasteiger partial charge in [0.2, 0.25) is 5.82 Å². The highest BCUT2D eigenvalue weighted by molar-refractivity contribution is 6.02. The van der Waals surface area contributed by atoms with E-state index in [0.717, 1.165) is 5.56 Å². The van der Waals surface area contributed by atoms with Gasteiger partial charge in [0.25, 0.3) is 5.91 Å². The fourth-order valence-corrected chi connectivity index (χ4v) is 4.38. The molecule has 1 atom stereocenters. The average Bonchev–Trinajstić information content (AvgIpc) is 3.48. The molecule has 0 fully saturated rings. The van der Waals surface area contributed by atoms with Gasteiger partial charge in [-0.1, -0.05) is 31.5 Å². The number of aromatic nitrogens is 4. The number of carbonyl (C=O) groups excluding carboxylic acids is 2. The number of methoxy groups -OCH3 is 1. The molecule has 1 amide bonds. The summed E-state index contributed by atoms with van der Waals surface area (Å²) in [7, 11) is 1.57. The first-order valence-electron chi connectivity index (χ1n) is 13.8. The number of nitrogens with zero attached hydrogens (tertiary/aromatic N) is 5. The van der Waals surface area contributed by atoms with Crippen LogP contribution in [0.15, 0.2) is 54.6 Å². The number of rotatable bonds is 14. The van der Waals surface area contributed by atoms with E-state index in [0.29, 0.717) is 29.9 Å². The molecule has 228 valence electrons. The van der Waals surface area contributed by atoms with Gasteiger partial charge in [0.15, 0.2) is 5.78 Å². The standard InChI is InChI=1S/C31H32N6O7/c1-4-6-24-28(14-13-23(19(2)38)29(24)40)44-18-21(39)17-43-27-8-5-7-26(25(27)15-32)33-31(41)30-34-35-36-37(30)16-20-9-11-22(42-3)12-10-20/h5,7-14,21,39-40H,4,6,16-18H2,1-3H3,(H,33,41). The fraction of sp³-hybridized carbons (Fsp3) is 0.290. The van der Waals surface area contributed by atoms with E-state index in [1.807, 2.05) is 25.1 Å². The summed E-state index contributed by atoms with van der Waals surface area (Å²) in [6.07, 6.45) is 0.0805. The van der Waals surface area contributed by atoms with Crippen LogP contribution in [-0.2, 0) is 13.0 Å². The number of anilines is 1. The van der Waals surface area contributed by atoms with Gasteiger partial charge in [-0.25, -0.2) is 4.68 Å². The van der Waals surface area contributed by atoms with Gasteiger partial charge >= 0.3 is 0 Å². The Balaban J connectivity index is 1.40. The number of phenolic OH excluding ortho intramolecular Hbond substituents is 1. The Morgan fingerprint density at radius 1 is 1.07 bits per heavy atom. The lowest BCUT2D eigenvalue weighted by Gasteiger charge is -2.18. The van der Waals surface area contributed by atoms with Crippen LogP contribution in [-0.4, -0.2) is 68.5 Å². The van der Waals surface area contributed by atoms with E-state index in [2.05, 4.69) is 20.8 Å². The number of nitriles is 1. The predicted octanol–water partition coefficient (Wildman–Crippen LogP) is 3.53. The molecular formula is C31H32N6O7. The Kier molecular flexibility index (Phi) is 10.4. The third-order valence-corrected chi connectivity index (χ3v) is 6.59. The predicted molar refractivity (Wildman–Crippen MR) is 158 cm³/mol. The summed E-state index contributed by atoms with van der Waals surface area (Å²) < 4.78 is 18.0. The molecule has 1 unspecified atom stereocenters. The molecule has 0 spiro atoms. The Morgan fingerprint density at radius 3 is 2.45 bits per heavy atom. The van der Waals surface area contributed by atoms with Crippen molar-refractivity contribution in [2.75, 3.05) is 25.6 Å². The second kappa shape index (κ2) is 14.6. The number of ether oxygens (including phenoxy) is 3. The lowest BCUT2D eigenvalue weighted by atomic mass is 10.0. The van der Waals surface area contributed by atoms with E-state index in [1.165, 1.54) is 29.8 Å². The van der Waals surface area contributed by atoms with Gasteiger partial charge in [0.05, 0.1) is 24.9 Å². The van der Waals surface area contributed by atoms with Crippen LogP contribution in [0, 0.1) is 11.3 Å². The summed E-state index contributed by atoms with van der Waals surface area (Å²) in [5.41, 5.74) is 1.74. The molecule has 0 aliphatic carbocycles. The zero-order valence-corrected chi connectivity index (χ0v) is 24.5. The summed E-state index contributed by atoms with van der Waals surface area (Å²) in [6.45, 7) is 3.13. The van der Waals surface area contributed by atoms with Crippen LogP contribution in [0.4, 0.5) is 5.69 Å².